The molecule has 0 spiro atoms. The predicted molar refractivity (Wildman–Crippen MR) is 121 cm³/mol. The summed E-state index contributed by atoms with van der Waals surface area (Å²) in [4.78, 5) is 18.9. The van der Waals surface area contributed by atoms with Gasteiger partial charge in [-0.2, -0.15) is 0 Å². The quantitative estimate of drug-likeness (QED) is 0.652. The van der Waals surface area contributed by atoms with Crippen molar-refractivity contribution < 1.29 is 9.53 Å². The third kappa shape index (κ3) is 3.63. The highest BCUT2D eigenvalue weighted by Gasteiger charge is 2.31. The van der Waals surface area contributed by atoms with Crippen LogP contribution < -0.4 is 5.32 Å². The van der Waals surface area contributed by atoms with Gasteiger partial charge >= 0.3 is 0 Å². The van der Waals surface area contributed by atoms with Gasteiger partial charge in [0.1, 0.15) is 23.5 Å². The number of halogens is 1. The van der Waals surface area contributed by atoms with Crippen molar-refractivity contribution in [3.8, 4) is 5.00 Å². The number of carbonyl (C=O) groups excluding carboxylic acids is 1. The first-order chi connectivity index (χ1) is 15.0. The second-order valence-corrected chi connectivity index (χ2v) is 9.17. The van der Waals surface area contributed by atoms with E-state index in [0.717, 1.165) is 44.9 Å². The standard InChI is InChI=1S/C22H22ClN5O2S/c1-12(21(29)17-10-24-7-8-30-17)18-9-15-20(14-5-3-4-6-16(14)23)25-11-19-27-26-13(2)28(19)22(15)31-18/h3-6,9,12,17,24H,7-8,10-11H2,1-2H3. The average Bonchev–Trinajstić information content (AvgIpc) is 3.34. The van der Waals surface area contributed by atoms with Crippen molar-refractivity contribution in [3.05, 3.63) is 63.0 Å². The van der Waals surface area contributed by atoms with Gasteiger partial charge in [-0.25, -0.2) is 0 Å². The number of hydrogen-bond acceptors (Lipinski definition) is 7. The van der Waals surface area contributed by atoms with Crippen molar-refractivity contribution in [2.24, 2.45) is 4.99 Å². The smallest absolute Gasteiger partial charge is 0.170 e. The molecule has 2 aliphatic heterocycles. The molecule has 2 atom stereocenters. The fourth-order valence-corrected chi connectivity index (χ4v) is 5.52. The van der Waals surface area contributed by atoms with Crippen LogP contribution >= 0.6 is 22.9 Å². The minimum absolute atomic E-state index is 0.0838. The van der Waals surface area contributed by atoms with Gasteiger partial charge in [-0.05, 0) is 19.1 Å². The first kappa shape index (κ1) is 20.5. The summed E-state index contributed by atoms with van der Waals surface area (Å²) in [5, 5.41) is 13.4. The number of thiophene rings is 1. The van der Waals surface area contributed by atoms with E-state index in [9.17, 15) is 4.79 Å². The zero-order valence-corrected chi connectivity index (χ0v) is 18.8. The molecule has 1 saturated heterocycles. The van der Waals surface area contributed by atoms with E-state index in [-0.39, 0.29) is 11.7 Å². The average molecular weight is 456 g/mol. The normalized spacial score (nSPS) is 19.2. The first-order valence-electron chi connectivity index (χ1n) is 10.3. The molecule has 0 aliphatic carbocycles. The van der Waals surface area contributed by atoms with Crippen molar-refractivity contribution in [2.45, 2.75) is 32.4 Å². The van der Waals surface area contributed by atoms with E-state index in [1.165, 1.54) is 0 Å². The largest absolute Gasteiger partial charge is 0.368 e. The van der Waals surface area contributed by atoms with Crippen molar-refractivity contribution >= 4 is 34.4 Å². The van der Waals surface area contributed by atoms with Crippen LogP contribution in [-0.4, -0.2) is 52.1 Å². The Balaban J connectivity index is 1.61. The van der Waals surface area contributed by atoms with Crippen molar-refractivity contribution in [1.29, 1.82) is 0 Å². The fourth-order valence-electron chi connectivity index (χ4n) is 4.01. The summed E-state index contributed by atoms with van der Waals surface area (Å²) < 4.78 is 7.73. The Morgan fingerprint density at radius 1 is 1.32 bits per heavy atom. The molecule has 2 aliphatic rings. The Kier molecular flexibility index (Phi) is 5.47. The van der Waals surface area contributed by atoms with Crippen LogP contribution in [0, 0.1) is 6.92 Å². The maximum Gasteiger partial charge on any atom is 0.170 e. The highest BCUT2D eigenvalue weighted by molar-refractivity contribution is 7.15. The molecule has 4 heterocycles. The summed E-state index contributed by atoms with van der Waals surface area (Å²) >= 11 is 8.10. The second kappa shape index (κ2) is 8.27. The Morgan fingerprint density at radius 2 is 2.16 bits per heavy atom. The molecule has 1 N–H and O–H groups in total. The molecular weight excluding hydrogens is 434 g/mol. The molecule has 0 amide bonds. The van der Waals surface area contributed by atoms with Gasteiger partial charge in [-0.1, -0.05) is 36.7 Å². The number of benzene rings is 1. The van der Waals surface area contributed by atoms with Gasteiger partial charge in [0.05, 0.1) is 18.2 Å². The number of morpholine rings is 1. The number of nitrogens with zero attached hydrogens (tertiary/aromatic N) is 4. The molecule has 1 aromatic carbocycles. The molecule has 1 fully saturated rings. The van der Waals surface area contributed by atoms with Gasteiger partial charge in [0.15, 0.2) is 11.6 Å². The zero-order valence-electron chi connectivity index (χ0n) is 17.3. The molecule has 2 unspecified atom stereocenters. The van der Waals surface area contributed by atoms with Crippen LogP contribution in [0.25, 0.3) is 5.00 Å². The second-order valence-electron chi connectivity index (χ2n) is 7.70. The molecule has 7 nitrogen and oxygen atoms in total. The molecule has 9 heteroatoms. The number of ether oxygens (including phenoxy) is 1. The molecule has 160 valence electrons. The maximum atomic E-state index is 13.1. The Bertz CT molecular complexity index is 1180. The maximum absolute atomic E-state index is 13.1. The Hall–Kier alpha value is -2.39. The lowest BCUT2D eigenvalue weighted by molar-refractivity contribution is -0.133. The van der Waals surface area contributed by atoms with E-state index in [1.54, 1.807) is 11.3 Å². The Labute approximate surface area is 189 Å². The fraction of sp³-hybridized carbons (Fsp3) is 0.364. The summed E-state index contributed by atoms with van der Waals surface area (Å²) in [6.07, 6.45) is -0.422. The Morgan fingerprint density at radius 3 is 2.94 bits per heavy atom. The van der Waals surface area contributed by atoms with Crippen LogP contribution in [0.15, 0.2) is 35.3 Å². The topological polar surface area (TPSA) is 81.4 Å². The van der Waals surface area contributed by atoms with Gasteiger partial charge in [0.2, 0.25) is 0 Å². The zero-order chi connectivity index (χ0) is 21.5. The third-order valence-electron chi connectivity index (χ3n) is 5.69. The molecule has 0 saturated carbocycles. The van der Waals surface area contributed by atoms with E-state index < -0.39 is 6.10 Å². The summed E-state index contributed by atoms with van der Waals surface area (Å²) in [5.41, 5.74) is 2.62. The lowest BCUT2D eigenvalue weighted by Gasteiger charge is -2.24. The molecule has 0 bridgehead atoms. The number of aryl methyl sites for hydroxylation is 1. The highest BCUT2D eigenvalue weighted by atomic mass is 35.5. The molecule has 2 aromatic heterocycles. The molecule has 0 radical (unpaired) electrons. The molecule has 31 heavy (non-hydrogen) atoms. The molecule has 3 aromatic rings. The van der Waals surface area contributed by atoms with E-state index in [4.69, 9.17) is 21.3 Å². The predicted octanol–water partition coefficient (Wildman–Crippen LogP) is 3.30. The van der Waals surface area contributed by atoms with E-state index >= 15 is 0 Å². The van der Waals surface area contributed by atoms with Crippen molar-refractivity contribution in [3.63, 3.8) is 0 Å². The van der Waals surface area contributed by atoms with Gasteiger partial charge in [0.25, 0.3) is 0 Å². The minimum atomic E-state index is -0.422. The van der Waals surface area contributed by atoms with Gasteiger partial charge in [-0.3, -0.25) is 14.4 Å². The number of ketones is 1. The number of aromatic nitrogens is 3. The summed E-state index contributed by atoms with van der Waals surface area (Å²) in [6, 6.07) is 9.75. The monoisotopic (exact) mass is 455 g/mol. The lowest BCUT2D eigenvalue weighted by Crippen LogP contribution is -2.44. The first-order valence-corrected chi connectivity index (χ1v) is 11.4. The van der Waals surface area contributed by atoms with Crippen LogP contribution in [-0.2, 0) is 16.1 Å². The van der Waals surface area contributed by atoms with Crippen LogP contribution in [0.5, 0.6) is 0 Å². The van der Waals surface area contributed by atoms with Gasteiger partial charge in [-0.15, -0.1) is 21.5 Å². The number of carbonyl (C=O) groups is 1. The third-order valence-corrected chi connectivity index (χ3v) is 7.32. The van der Waals surface area contributed by atoms with Crippen LogP contribution in [0.4, 0.5) is 0 Å². The number of fused-ring (bicyclic) bond motifs is 3. The van der Waals surface area contributed by atoms with E-state index in [0.29, 0.717) is 24.7 Å². The SMILES string of the molecule is Cc1nnc2n1-c1sc(C(C)C(=O)C3CNCCO3)cc1C(c1ccccc1Cl)=NC2. The van der Waals surface area contributed by atoms with Crippen molar-refractivity contribution in [1.82, 2.24) is 20.1 Å². The minimum Gasteiger partial charge on any atom is -0.368 e. The number of nitrogens with one attached hydrogen (secondary N) is 1. The number of hydrogen-bond donors (Lipinski definition) is 1. The van der Waals surface area contributed by atoms with Crippen molar-refractivity contribution in [2.75, 3.05) is 19.7 Å². The number of rotatable bonds is 4. The van der Waals surface area contributed by atoms with Crippen LogP contribution in [0.2, 0.25) is 5.02 Å². The molecule has 5 rings (SSSR count). The van der Waals surface area contributed by atoms with E-state index in [2.05, 4.69) is 21.6 Å². The van der Waals surface area contributed by atoms with Crippen LogP contribution in [0.3, 0.4) is 0 Å². The summed E-state index contributed by atoms with van der Waals surface area (Å²) in [5.74, 6) is 1.35. The highest BCUT2D eigenvalue weighted by Crippen LogP contribution is 2.37. The van der Waals surface area contributed by atoms with Gasteiger partial charge in [0, 0.05) is 34.1 Å². The van der Waals surface area contributed by atoms with E-state index in [1.807, 2.05) is 42.7 Å². The summed E-state index contributed by atoms with van der Waals surface area (Å²) in [7, 11) is 0. The molecular formula is C22H22ClN5O2S. The summed E-state index contributed by atoms with van der Waals surface area (Å²) in [6.45, 7) is 6.16. The van der Waals surface area contributed by atoms with Gasteiger partial charge < -0.3 is 10.1 Å². The van der Waals surface area contributed by atoms with Crippen LogP contribution in [0.1, 0.15) is 40.5 Å². The number of aliphatic imine (C=N–C) groups is 1. The number of Topliss-reactive ketones (excluding diaryl/α,β-unsaturated/α-hetero) is 1. The lowest BCUT2D eigenvalue weighted by atomic mass is 9.97.